The van der Waals surface area contributed by atoms with Crippen molar-refractivity contribution in [2.24, 2.45) is 46.3 Å². The van der Waals surface area contributed by atoms with Crippen LogP contribution in [0.4, 0.5) is 0 Å². The summed E-state index contributed by atoms with van der Waals surface area (Å²) < 4.78 is 0. The third-order valence-electron chi connectivity index (χ3n) is 10.2. The monoisotopic (exact) mass is 410 g/mol. The van der Waals surface area contributed by atoms with Crippen molar-refractivity contribution in [1.82, 2.24) is 0 Å². The number of rotatable bonds is 5. The number of fused-ring (bicyclic) bond motifs is 5. The lowest BCUT2D eigenvalue weighted by Gasteiger charge is -2.55. The Labute approximate surface area is 186 Å². The fraction of sp³-hybridized carbons (Fsp3) is 0.793. The van der Waals surface area contributed by atoms with Crippen LogP contribution in [-0.4, -0.2) is 11.2 Å². The predicted molar refractivity (Wildman–Crippen MR) is 128 cm³/mol. The van der Waals surface area contributed by atoms with E-state index in [1.54, 1.807) is 5.57 Å². The van der Waals surface area contributed by atoms with Crippen LogP contribution in [0.5, 0.6) is 0 Å². The van der Waals surface area contributed by atoms with E-state index < -0.39 is 0 Å². The number of aliphatic hydroxyl groups is 1. The van der Waals surface area contributed by atoms with E-state index in [1.165, 1.54) is 44.1 Å². The molecule has 0 saturated heterocycles. The molecule has 0 spiro atoms. The maximum absolute atomic E-state index is 10.2. The summed E-state index contributed by atoms with van der Waals surface area (Å²) >= 11 is 0. The lowest BCUT2D eigenvalue weighted by atomic mass is 9.50. The Hall–Kier alpha value is -0.820. The second kappa shape index (κ2) is 8.27. The van der Waals surface area contributed by atoms with Crippen LogP contribution in [0.25, 0.3) is 0 Å². The van der Waals surface area contributed by atoms with Crippen molar-refractivity contribution < 1.29 is 5.11 Å². The lowest BCUT2D eigenvalue weighted by Crippen LogP contribution is -2.46. The Kier molecular flexibility index (Phi) is 6.17. The summed E-state index contributed by atoms with van der Waals surface area (Å²) in [6.45, 7) is 14.7. The van der Waals surface area contributed by atoms with Gasteiger partial charge in [-0.05, 0) is 97.7 Å². The van der Waals surface area contributed by atoms with Gasteiger partial charge in [-0.1, -0.05) is 77.0 Å². The normalized spacial score (nSPS) is 42.9. The van der Waals surface area contributed by atoms with Crippen LogP contribution in [0.1, 0.15) is 92.9 Å². The Balaban J connectivity index is 1.56. The van der Waals surface area contributed by atoms with Crippen LogP contribution >= 0.6 is 0 Å². The van der Waals surface area contributed by atoms with Gasteiger partial charge in [-0.2, -0.15) is 0 Å². The molecule has 0 aromatic rings. The summed E-state index contributed by atoms with van der Waals surface area (Å²) in [5, 5.41) is 10.2. The molecule has 0 amide bonds. The summed E-state index contributed by atoms with van der Waals surface area (Å²) in [6, 6.07) is 0. The topological polar surface area (TPSA) is 20.2 Å². The molecule has 0 radical (unpaired) electrons. The molecule has 1 heteroatoms. The summed E-state index contributed by atoms with van der Waals surface area (Å²) in [5.74, 6) is 4.45. The third kappa shape index (κ3) is 3.58. The Morgan fingerprint density at radius 3 is 2.47 bits per heavy atom. The minimum Gasteiger partial charge on any atom is -0.393 e. The highest BCUT2D eigenvalue weighted by atomic mass is 16.3. The van der Waals surface area contributed by atoms with Crippen molar-refractivity contribution in [1.29, 1.82) is 0 Å². The van der Waals surface area contributed by atoms with E-state index in [4.69, 9.17) is 0 Å². The van der Waals surface area contributed by atoms with Gasteiger partial charge in [0.05, 0.1) is 6.10 Å². The standard InChI is InChI=1S/C29H46O/c1-7-21(19(2)3)9-8-20(4)25-12-13-26-24-11-10-22-18-23(30)14-16-28(22,5)27(24)15-17-29(25,26)6/h8-11,19-21,23,25-27,30H,7,12-18H2,1-6H3/b9-8+/t20?,21?,23-,25+,26?,27?,28-,29+/m0/s1. The minimum atomic E-state index is -0.116. The zero-order valence-corrected chi connectivity index (χ0v) is 20.5. The molecule has 0 aromatic heterocycles. The van der Waals surface area contributed by atoms with Crippen LogP contribution in [0.3, 0.4) is 0 Å². The average molecular weight is 411 g/mol. The lowest BCUT2D eigenvalue weighted by molar-refractivity contribution is 0.0382. The van der Waals surface area contributed by atoms with E-state index in [0.29, 0.717) is 16.7 Å². The number of aliphatic hydroxyl groups excluding tert-OH is 1. The molecule has 30 heavy (non-hydrogen) atoms. The van der Waals surface area contributed by atoms with Crippen LogP contribution in [0.15, 0.2) is 35.5 Å². The minimum absolute atomic E-state index is 0.116. The fourth-order valence-electron chi connectivity index (χ4n) is 8.17. The third-order valence-corrected chi connectivity index (χ3v) is 10.2. The molecule has 4 unspecified atom stereocenters. The largest absolute Gasteiger partial charge is 0.393 e. The molecule has 3 fully saturated rings. The molecule has 4 rings (SSSR count). The first-order valence-corrected chi connectivity index (χ1v) is 13.0. The van der Waals surface area contributed by atoms with E-state index in [0.717, 1.165) is 42.4 Å². The Morgan fingerprint density at radius 2 is 1.77 bits per heavy atom. The number of allylic oxidation sites excluding steroid dienone is 5. The van der Waals surface area contributed by atoms with Crippen molar-refractivity contribution >= 4 is 0 Å². The van der Waals surface area contributed by atoms with Crippen LogP contribution in [0.2, 0.25) is 0 Å². The van der Waals surface area contributed by atoms with Crippen LogP contribution in [0, 0.1) is 46.3 Å². The zero-order chi connectivity index (χ0) is 21.7. The molecule has 0 heterocycles. The maximum Gasteiger partial charge on any atom is 0.0578 e. The summed E-state index contributed by atoms with van der Waals surface area (Å²) in [5.41, 5.74) is 4.07. The van der Waals surface area contributed by atoms with Crippen molar-refractivity contribution in [3.05, 3.63) is 35.5 Å². The first-order chi connectivity index (χ1) is 14.2. The molecular weight excluding hydrogens is 364 g/mol. The van der Waals surface area contributed by atoms with Gasteiger partial charge in [0.1, 0.15) is 0 Å². The van der Waals surface area contributed by atoms with Gasteiger partial charge in [0.2, 0.25) is 0 Å². The van der Waals surface area contributed by atoms with E-state index >= 15 is 0 Å². The maximum atomic E-state index is 10.2. The van der Waals surface area contributed by atoms with Crippen molar-refractivity contribution in [2.45, 2.75) is 99.0 Å². The zero-order valence-electron chi connectivity index (χ0n) is 20.5. The first-order valence-electron chi connectivity index (χ1n) is 13.0. The second-order valence-corrected chi connectivity index (χ2v) is 12.1. The number of hydrogen-bond acceptors (Lipinski definition) is 1. The van der Waals surface area contributed by atoms with Gasteiger partial charge in [-0.15, -0.1) is 0 Å². The molecule has 0 aliphatic heterocycles. The van der Waals surface area contributed by atoms with Crippen molar-refractivity contribution in [3.63, 3.8) is 0 Å². The number of hydrogen-bond donors (Lipinski definition) is 1. The van der Waals surface area contributed by atoms with E-state index in [9.17, 15) is 5.11 Å². The molecule has 8 atom stereocenters. The van der Waals surface area contributed by atoms with Gasteiger partial charge in [-0.3, -0.25) is 0 Å². The molecule has 0 aromatic carbocycles. The Bertz CT molecular complexity index is 727. The molecule has 0 bridgehead atoms. The highest BCUT2D eigenvalue weighted by Crippen LogP contribution is 2.66. The average Bonchev–Trinajstić information content (AvgIpc) is 3.06. The van der Waals surface area contributed by atoms with Crippen molar-refractivity contribution in [3.8, 4) is 0 Å². The predicted octanol–water partition coefficient (Wildman–Crippen LogP) is 7.72. The molecule has 4 aliphatic carbocycles. The van der Waals surface area contributed by atoms with Gasteiger partial charge >= 0.3 is 0 Å². The van der Waals surface area contributed by atoms with Gasteiger partial charge in [0.15, 0.2) is 0 Å². The van der Waals surface area contributed by atoms with Gasteiger partial charge in [0.25, 0.3) is 0 Å². The SMILES string of the molecule is CCC(/C=C/C(C)[C@H]1CCC2C3=CC=C4C[C@@H](O)CC[C@]4(C)C3CC[C@@]21C)C(C)C. The Morgan fingerprint density at radius 1 is 1.00 bits per heavy atom. The smallest absolute Gasteiger partial charge is 0.0578 e. The van der Waals surface area contributed by atoms with Crippen LogP contribution in [-0.2, 0) is 0 Å². The van der Waals surface area contributed by atoms with Gasteiger partial charge in [0, 0.05) is 0 Å². The molecule has 3 saturated carbocycles. The second-order valence-electron chi connectivity index (χ2n) is 12.1. The molecular formula is C29H46O. The van der Waals surface area contributed by atoms with Gasteiger partial charge in [-0.25, -0.2) is 0 Å². The quantitative estimate of drug-likeness (QED) is 0.460. The van der Waals surface area contributed by atoms with Gasteiger partial charge < -0.3 is 5.11 Å². The first kappa shape index (κ1) is 22.4. The van der Waals surface area contributed by atoms with E-state index in [1.807, 2.05) is 0 Å². The van der Waals surface area contributed by atoms with E-state index in [2.05, 4.69) is 65.8 Å². The highest BCUT2D eigenvalue weighted by molar-refractivity contribution is 5.39. The van der Waals surface area contributed by atoms with Crippen molar-refractivity contribution in [2.75, 3.05) is 0 Å². The van der Waals surface area contributed by atoms with Crippen LogP contribution < -0.4 is 0 Å². The molecule has 4 aliphatic rings. The summed E-state index contributed by atoms with van der Waals surface area (Å²) in [7, 11) is 0. The highest BCUT2D eigenvalue weighted by Gasteiger charge is 2.56. The summed E-state index contributed by atoms with van der Waals surface area (Å²) in [6.07, 6.45) is 19.7. The van der Waals surface area contributed by atoms with E-state index in [-0.39, 0.29) is 6.10 Å². The molecule has 1 N–H and O–H groups in total. The summed E-state index contributed by atoms with van der Waals surface area (Å²) in [4.78, 5) is 0. The molecule has 168 valence electrons. The fourth-order valence-corrected chi connectivity index (χ4v) is 8.17. The molecule has 1 nitrogen and oxygen atoms in total.